The quantitative estimate of drug-likeness (QED) is 0.0340. The predicted octanol–water partition coefficient (Wildman–Crippen LogP) is 33.6. The van der Waals surface area contributed by atoms with Gasteiger partial charge in [0.2, 0.25) is 0 Å². The number of nitrogens with zero attached hydrogens (tertiary/aromatic N) is 2. The molecule has 2 aliphatic heterocycles. The number of fused-ring (bicyclic) bond motifs is 20. The van der Waals surface area contributed by atoms with Crippen LogP contribution in [0.25, 0.3) is 88.6 Å². The summed E-state index contributed by atoms with van der Waals surface area (Å²) in [4.78, 5) is 20.2. The molecule has 9 rings (SSSR count). The van der Waals surface area contributed by atoms with E-state index in [1.54, 1.807) is 28.4 Å². The first-order valence-corrected chi connectivity index (χ1v) is 60.4. The van der Waals surface area contributed by atoms with Gasteiger partial charge in [0.15, 0.2) is 23.0 Å². The van der Waals surface area contributed by atoms with Gasteiger partial charge in [0.1, 0.15) is 26.4 Å². The highest BCUT2D eigenvalue weighted by molar-refractivity contribution is 6.13. The van der Waals surface area contributed by atoms with E-state index in [0.29, 0.717) is 155 Å². The minimum atomic E-state index is 0.258. The Morgan fingerprint density at radius 3 is 0.520 bits per heavy atom. The third-order valence-corrected chi connectivity index (χ3v) is 29.6. The average molecular weight is 2060 g/mol. The van der Waals surface area contributed by atoms with E-state index in [4.69, 9.17) is 85.8 Å². The maximum atomic E-state index is 6.89. The Morgan fingerprint density at radius 1 is 0.169 bits per heavy atom. The number of rotatable bonds is 100. The molecule has 0 fully saturated rings. The molecule has 20 heteroatoms. The van der Waals surface area contributed by atoms with Gasteiger partial charge in [-0.05, 0) is 146 Å². The Kier molecular flexibility index (Phi) is 69.8. The number of unbranched alkanes of at least 4 members (excludes halogenated alkanes) is 52. The molecule has 0 saturated carbocycles. The smallest absolute Gasteiger partial charge is 0.162 e. The summed E-state index contributed by atoms with van der Waals surface area (Å²) in [5.74, 6) is 2.30. The van der Waals surface area contributed by atoms with E-state index in [9.17, 15) is 0 Å². The Labute approximate surface area is 897 Å². The van der Waals surface area contributed by atoms with Gasteiger partial charge in [0.05, 0.1) is 155 Å². The third kappa shape index (κ3) is 50.6. The summed E-state index contributed by atoms with van der Waals surface area (Å²) in [6, 6.07) is 28.1. The van der Waals surface area contributed by atoms with Gasteiger partial charge in [0, 0.05) is 94.3 Å². The van der Waals surface area contributed by atoms with Crippen LogP contribution in [0.5, 0.6) is 23.0 Å². The zero-order chi connectivity index (χ0) is 104. The van der Waals surface area contributed by atoms with E-state index in [1.165, 1.54) is 367 Å². The number of nitrogens with one attached hydrogen (secondary N) is 2. The number of hydrogen-bond acceptors (Lipinski definition) is 18. The number of H-pyrrole nitrogens is 2. The summed E-state index contributed by atoms with van der Waals surface area (Å²) in [7, 11) is 6.73. The normalized spacial score (nSPS) is 11.9. The lowest BCUT2D eigenvalue weighted by atomic mass is 9.89. The molecule has 2 N–H and O–H groups in total. The fraction of sp³-hybridized carbons (Fsp3) is 0.719. The van der Waals surface area contributed by atoms with Crippen molar-refractivity contribution in [1.29, 1.82) is 0 Å². The summed E-state index contributed by atoms with van der Waals surface area (Å²) in [5.41, 5.74) is 17.6. The zero-order valence-electron chi connectivity index (χ0n) is 94.8. The fourth-order valence-electron chi connectivity index (χ4n) is 20.9. The van der Waals surface area contributed by atoms with E-state index in [2.05, 4.69) is 110 Å². The molecule has 0 atom stereocenters. The summed E-state index contributed by atoms with van der Waals surface area (Å²) >= 11 is 0. The van der Waals surface area contributed by atoms with Crippen LogP contribution in [0.1, 0.15) is 410 Å². The van der Waals surface area contributed by atoms with Crippen LogP contribution in [-0.2, 0) is 82.5 Å². The number of benzene rings is 4. The Hall–Kier alpha value is -6.76. The van der Waals surface area contributed by atoms with Crippen molar-refractivity contribution in [2.45, 2.75) is 413 Å². The van der Waals surface area contributed by atoms with Gasteiger partial charge in [0.25, 0.3) is 0 Å². The van der Waals surface area contributed by atoms with Gasteiger partial charge in [-0.1, -0.05) is 362 Å². The van der Waals surface area contributed by atoms with E-state index in [0.717, 1.165) is 129 Å². The fourth-order valence-corrected chi connectivity index (χ4v) is 20.9. The van der Waals surface area contributed by atoms with Crippen molar-refractivity contribution in [3.05, 3.63) is 95.1 Å². The molecular formula is C128H206N4O16. The minimum absolute atomic E-state index is 0.258. The summed E-state index contributed by atoms with van der Waals surface area (Å²) in [5, 5.41) is 3.72. The molecule has 0 unspecified atom stereocenters. The first-order chi connectivity index (χ1) is 73.3. The molecule has 7 aromatic rings. The monoisotopic (exact) mass is 2060 g/mol. The molecule has 148 heavy (non-hydrogen) atoms. The van der Waals surface area contributed by atoms with Gasteiger partial charge < -0.3 is 85.8 Å². The Bertz CT molecular complexity index is 4410. The van der Waals surface area contributed by atoms with Crippen molar-refractivity contribution in [2.75, 3.05) is 187 Å². The van der Waals surface area contributed by atoms with Gasteiger partial charge in [-0.3, -0.25) is 0 Å². The molecule has 0 radical (unpaired) electrons. The molecule has 8 bridgehead atoms. The van der Waals surface area contributed by atoms with Crippen LogP contribution in [0, 0.1) is 0 Å². The van der Waals surface area contributed by atoms with Crippen LogP contribution < -0.4 is 18.9 Å². The lowest BCUT2D eigenvalue weighted by molar-refractivity contribution is 0.0160. The van der Waals surface area contributed by atoms with Crippen molar-refractivity contribution in [3.8, 4) is 68.0 Å². The Balaban J connectivity index is 1.22. The predicted molar refractivity (Wildman–Crippen MR) is 617 cm³/mol. The van der Waals surface area contributed by atoms with Crippen molar-refractivity contribution in [1.82, 2.24) is 19.9 Å². The maximum Gasteiger partial charge on any atom is 0.162 e. The van der Waals surface area contributed by atoms with Gasteiger partial charge in [-0.15, -0.1) is 0 Å². The van der Waals surface area contributed by atoms with E-state index < -0.39 is 0 Å². The van der Waals surface area contributed by atoms with Crippen LogP contribution >= 0.6 is 0 Å². The second kappa shape index (κ2) is 82.8. The van der Waals surface area contributed by atoms with Crippen LogP contribution in [0.15, 0.2) is 72.8 Å². The molecule has 0 aliphatic carbocycles. The summed E-state index contributed by atoms with van der Waals surface area (Å²) in [6.07, 6.45) is 78.8. The molecule has 4 aromatic carbocycles. The zero-order valence-corrected chi connectivity index (χ0v) is 94.8. The van der Waals surface area contributed by atoms with Crippen molar-refractivity contribution < 1.29 is 75.8 Å². The Morgan fingerprint density at radius 2 is 0.331 bits per heavy atom. The van der Waals surface area contributed by atoms with Crippen molar-refractivity contribution in [3.63, 3.8) is 0 Å². The van der Waals surface area contributed by atoms with E-state index in [1.807, 2.05) is 0 Å². The second-order valence-corrected chi connectivity index (χ2v) is 41.9. The highest BCUT2D eigenvalue weighted by atomic mass is 16.6. The molecule has 2 aliphatic rings. The van der Waals surface area contributed by atoms with E-state index in [-0.39, 0.29) is 26.4 Å². The number of aromatic nitrogens is 4. The standard InChI is InChI=1S/C128H206N4O16/c1-9-13-17-21-25-29-33-37-41-45-49-53-57-61-65-105-93-109-111(95-107(105)67-63-59-55-51-47-43-39-35-31-27-23-19-15-11-3)119-102-121-113-97-125(145-89-85-141-81-77-137-73-69-133-5)127(147-91-87-143-83-79-139-75-71-135-7)99-115(113)123(131-121)104-124-116-100-128(148-92-88-144-84-80-140-76-72-136-8)126(146-90-86-142-82-78-138-74-70-134-6)98-114(116)122(132-124)103-120-112-96-108(68-64-60-56-52-48-44-40-36-32-28-24-20-16-12-4)106(94-110(112)118(130-120)101-117(109)129-119)66-62-58-54-50-46-42-38-34-30-26-22-18-14-10-2/h93-104,131-132H,9-92H2,1-8H3. The van der Waals surface area contributed by atoms with Gasteiger partial charge in [-0.25, -0.2) is 9.97 Å². The number of hydrogen-bond donors (Lipinski definition) is 2. The largest absolute Gasteiger partial charge is 0.487 e. The van der Waals surface area contributed by atoms with Crippen LogP contribution in [0.4, 0.5) is 0 Å². The summed E-state index contributed by atoms with van der Waals surface area (Å²) < 4.78 is 96.4. The first kappa shape index (κ1) is 125. The van der Waals surface area contributed by atoms with Crippen molar-refractivity contribution >= 4 is 43.6 Å². The highest BCUT2D eigenvalue weighted by Crippen LogP contribution is 2.47. The molecule has 834 valence electrons. The minimum Gasteiger partial charge on any atom is -0.487 e. The molecule has 0 amide bonds. The lowest BCUT2D eigenvalue weighted by Crippen LogP contribution is -2.14. The van der Waals surface area contributed by atoms with Crippen LogP contribution in [0.3, 0.4) is 0 Å². The topological polar surface area (TPSA) is 205 Å². The summed E-state index contributed by atoms with van der Waals surface area (Å²) in [6.45, 7) is 19.1. The van der Waals surface area contributed by atoms with E-state index >= 15 is 0 Å². The number of aryl methyl sites for hydroxylation is 4. The molecule has 20 nitrogen and oxygen atoms in total. The average Bonchev–Trinajstić information content (AvgIpc) is 1.58. The van der Waals surface area contributed by atoms with Crippen molar-refractivity contribution in [2.24, 2.45) is 0 Å². The van der Waals surface area contributed by atoms with Gasteiger partial charge >= 0.3 is 0 Å². The number of methoxy groups -OCH3 is 4. The maximum absolute atomic E-state index is 6.89. The molecular weight excluding hydrogens is 1850 g/mol. The van der Waals surface area contributed by atoms with Gasteiger partial charge in [-0.2, -0.15) is 0 Å². The molecule has 0 spiro atoms. The SMILES string of the molecule is CCCCCCCCCCCCCCCCc1cc2c(cc1CCCCCCCCCCCCCCCC)-c1cc3[nH]c(cc4[nH]c(cc5nc(cc-2n1)-c1cc(CCCCCCCCCCCCCCCC)c(CCCCCCCCCCCCCCCC)cc1-5)c1cc(OCCOCCOCCOC)c(OCCOCCOCCOC)cc41)c1cc(OCCOCCOCCOC)c(OCCOCCOCCOC)cc31. The van der Waals surface area contributed by atoms with Crippen LogP contribution in [0.2, 0.25) is 0 Å². The first-order valence-electron chi connectivity index (χ1n) is 60.4. The number of ether oxygens (including phenoxy) is 16. The number of aromatic amines is 2. The molecule has 3 aromatic heterocycles. The molecule has 0 saturated heterocycles. The highest BCUT2D eigenvalue weighted by Gasteiger charge is 2.27. The molecule has 5 heterocycles. The second-order valence-electron chi connectivity index (χ2n) is 41.9. The third-order valence-electron chi connectivity index (χ3n) is 29.6. The lowest BCUT2D eigenvalue weighted by Gasteiger charge is -2.14. The van der Waals surface area contributed by atoms with Crippen LogP contribution in [-0.4, -0.2) is 207 Å².